The summed E-state index contributed by atoms with van der Waals surface area (Å²) in [7, 11) is -3.89. The first-order valence-electron chi connectivity index (χ1n) is 5.30. The van der Waals surface area contributed by atoms with Gasteiger partial charge in [-0.1, -0.05) is 24.6 Å². The summed E-state index contributed by atoms with van der Waals surface area (Å²) >= 11 is 5.84. The molecule has 100 valence electrons. The Bertz CT molecular complexity index is 556. The molecule has 18 heavy (non-hydrogen) atoms. The van der Waals surface area contributed by atoms with E-state index in [9.17, 15) is 13.2 Å². The van der Waals surface area contributed by atoms with Crippen molar-refractivity contribution >= 4 is 27.6 Å². The fraction of sp³-hybridized carbons (Fsp3) is 0.364. The van der Waals surface area contributed by atoms with E-state index < -0.39 is 22.0 Å². The standard InChI is InChI=1S/C11H14ClNO4S/c1-3-9(11(14)15)13-18(16,17)10-6-4-5-8(12)7(10)2/h4-6,9,13H,3H2,1-2H3,(H,14,15)/t9-/m0/s1. The Morgan fingerprint density at radius 1 is 1.50 bits per heavy atom. The molecule has 0 aliphatic rings. The molecule has 2 N–H and O–H groups in total. The minimum absolute atomic E-state index is 0.00491. The van der Waals surface area contributed by atoms with Crippen LogP contribution in [0, 0.1) is 6.92 Å². The van der Waals surface area contributed by atoms with Gasteiger partial charge in [-0.05, 0) is 31.0 Å². The highest BCUT2D eigenvalue weighted by Crippen LogP contribution is 2.22. The molecular formula is C11H14ClNO4S. The topological polar surface area (TPSA) is 83.5 Å². The number of rotatable bonds is 5. The Morgan fingerprint density at radius 3 is 2.61 bits per heavy atom. The molecule has 1 aromatic carbocycles. The molecular weight excluding hydrogens is 278 g/mol. The van der Waals surface area contributed by atoms with Gasteiger partial charge in [-0.3, -0.25) is 4.79 Å². The van der Waals surface area contributed by atoms with E-state index in [1.807, 2.05) is 0 Å². The number of sulfonamides is 1. The highest BCUT2D eigenvalue weighted by Gasteiger charge is 2.25. The first-order valence-corrected chi connectivity index (χ1v) is 7.16. The number of halogens is 1. The van der Waals surface area contributed by atoms with Crippen LogP contribution in [0.3, 0.4) is 0 Å². The van der Waals surface area contributed by atoms with Crippen molar-refractivity contribution in [3.05, 3.63) is 28.8 Å². The van der Waals surface area contributed by atoms with Crippen molar-refractivity contribution in [1.82, 2.24) is 4.72 Å². The van der Waals surface area contributed by atoms with Crippen molar-refractivity contribution in [3.8, 4) is 0 Å². The fourth-order valence-corrected chi connectivity index (χ4v) is 3.21. The summed E-state index contributed by atoms with van der Waals surface area (Å²) in [5.74, 6) is -1.21. The number of aliphatic carboxylic acids is 1. The van der Waals surface area contributed by atoms with Crippen LogP contribution in [-0.4, -0.2) is 25.5 Å². The van der Waals surface area contributed by atoms with Crippen molar-refractivity contribution in [2.45, 2.75) is 31.2 Å². The number of carbonyl (C=O) groups is 1. The molecule has 0 amide bonds. The maximum atomic E-state index is 12.0. The average Bonchev–Trinajstić information content (AvgIpc) is 2.29. The number of carboxylic acids is 1. The van der Waals surface area contributed by atoms with Crippen LogP contribution in [0.5, 0.6) is 0 Å². The van der Waals surface area contributed by atoms with Crippen molar-refractivity contribution in [1.29, 1.82) is 0 Å². The van der Waals surface area contributed by atoms with Crippen LogP contribution in [0.15, 0.2) is 23.1 Å². The largest absolute Gasteiger partial charge is 0.480 e. The molecule has 0 aromatic heterocycles. The maximum Gasteiger partial charge on any atom is 0.321 e. The normalized spacial score (nSPS) is 13.3. The van der Waals surface area contributed by atoms with E-state index in [0.29, 0.717) is 10.6 Å². The van der Waals surface area contributed by atoms with Crippen LogP contribution in [0.4, 0.5) is 0 Å². The van der Waals surface area contributed by atoms with E-state index in [0.717, 1.165) is 0 Å². The molecule has 0 fully saturated rings. The van der Waals surface area contributed by atoms with E-state index in [2.05, 4.69) is 4.72 Å². The number of carboxylic acid groups (broad SMARTS) is 1. The predicted octanol–water partition coefficient (Wildman–Crippen LogP) is 1.79. The zero-order chi connectivity index (χ0) is 13.9. The lowest BCUT2D eigenvalue weighted by Gasteiger charge is -2.14. The molecule has 5 nitrogen and oxygen atoms in total. The lowest BCUT2D eigenvalue weighted by atomic mass is 10.2. The summed E-state index contributed by atoms with van der Waals surface area (Å²) in [6.45, 7) is 3.16. The highest BCUT2D eigenvalue weighted by molar-refractivity contribution is 7.89. The SMILES string of the molecule is CC[C@H](NS(=O)(=O)c1cccc(Cl)c1C)C(=O)O. The van der Waals surface area contributed by atoms with Gasteiger partial charge in [0.2, 0.25) is 10.0 Å². The Balaban J connectivity index is 3.14. The first kappa shape index (κ1) is 14.9. The highest BCUT2D eigenvalue weighted by atomic mass is 35.5. The zero-order valence-electron chi connectivity index (χ0n) is 9.97. The molecule has 1 atom stereocenters. The van der Waals surface area contributed by atoms with Crippen LogP contribution in [-0.2, 0) is 14.8 Å². The van der Waals surface area contributed by atoms with Gasteiger partial charge in [-0.2, -0.15) is 4.72 Å². The average molecular weight is 292 g/mol. The lowest BCUT2D eigenvalue weighted by Crippen LogP contribution is -2.40. The lowest BCUT2D eigenvalue weighted by molar-refractivity contribution is -0.139. The summed E-state index contributed by atoms with van der Waals surface area (Å²) < 4.78 is 26.2. The van der Waals surface area contributed by atoms with Gasteiger partial charge < -0.3 is 5.11 Å². The summed E-state index contributed by atoms with van der Waals surface area (Å²) in [4.78, 5) is 10.8. The van der Waals surface area contributed by atoms with Gasteiger partial charge >= 0.3 is 5.97 Å². The van der Waals surface area contributed by atoms with Crippen molar-refractivity contribution in [3.63, 3.8) is 0 Å². The second kappa shape index (κ2) is 5.69. The van der Waals surface area contributed by atoms with E-state index in [1.165, 1.54) is 12.1 Å². The van der Waals surface area contributed by atoms with Crippen molar-refractivity contribution in [2.75, 3.05) is 0 Å². The Morgan fingerprint density at radius 2 is 2.11 bits per heavy atom. The van der Waals surface area contributed by atoms with Gasteiger partial charge in [-0.25, -0.2) is 8.42 Å². The second-order valence-electron chi connectivity index (χ2n) is 3.78. The molecule has 0 aliphatic heterocycles. The van der Waals surface area contributed by atoms with Gasteiger partial charge in [0, 0.05) is 5.02 Å². The van der Waals surface area contributed by atoms with Crippen LogP contribution >= 0.6 is 11.6 Å². The van der Waals surface area contributed by atoms with Crippen molar-refractivity contribution in [2.24, 2.45) is 0 Å². The van der Waals surface area contributed by atoms with Gasteiger partial charge in [0.15, 0.2) is 0 Å². The van der Waals surface area contributed by atoms with Crippen molar-refractivity contribution < 1.29 is 18.3 Å². The van der Waals surface area contributed by atoms with Gasteiger partial charge in [-0.15, -0.1) is 0 Å². The van der Waals surface area contributed by atoms with E-state index in [1.54, 1.807) is 19.9 Å². The summed E-state index contributed by atoms with van der Waals surface area (Å²) in [6.07, 6.45) is 0.161. The Labute approximate surface area is 111 Å². The van der Waals surface area contributed by atoms with E-state index >= 15 is 0 Å². The number of nitrogens with one attached hydrogen (secondary N) is 1. The molecule has 0 bridgehead atoms. The zero-order valence-corrected chi connectivity index (χ0v) is 11.5. The van der Waals surface area contributed by atoms with Crippen LogP contribution < -0.4 is 4.72 Å². The number of hydrogen-bond acceptors (Lipinski definition) is 3. The fourth-order valence-electron chi connectivity index (χ4n) is 1.44. The smallest absolute Gasteiger partial charge is 0.321 e. The molecule has 0 unspecified atom stereocenters. The molecule has 0 spiro atoms. The monoisotopic (exact) mass is 291 g/mol. The molecule has 1 rings (SSSR count). The maximum absolute atomic E-state index is 12.0. The molecule has 0 aliphatic carbocycles. The van der Waals surface area contributed by atoms with E-state index in [4.69, 9.17) is 16.7 Å². The molecule has 7 heteroatoms. The van der Waals surface area contributed by atoms with Gasteiger partial charge in [0.25, 0.3) is 0 Å². The number of benzene rings is 1. The molecule has 0 heterocycles. The third kappa shape index (κ3) is 3.22. The predicted molar refractivity (Wildman–Crippen MR) is 68.2 cm³/mol. The minimum atomic E-state index is -3.89. The number of hydrogen-bond donors (Lipinski definition) is 2. The first-order chi connectivity index (χ1) is 8.29. The second-order valence-corrected chi connectivity index (χ2v) is 5.87. The van der Waals surface area contributed by atoms with E-state index in [-0.39, 0.29) is 11.3 Å². The minimum Gasteiger partial charge on any atom is -0.480 e. The third-order valence-electron chi connectivity index (χ3n) is 2.51. The summed E-state index contributed by atoms with van der Waals surface area (Å²) in [5, 5.41) is 9.17. The van der Waals surface area contributed by atoms with Crippen LogP contribution in [0.2, 0.25) is 5.02 Å². The molecule has 0 saturated heterocycles. The van der Waals surface area contributed by atoms with Gasteiger partial charge in [0.05, 0.1) is 4.90 Å². The van der Waals surface area contributed by atoms with Crippen LogP contribution in [0.1, 0.15) is 18.9 Å². The molecule has 0 saturated carbocycles. The Hall–Kier alpha value is -1.11. The third-order valence-corrected chi connectivity index (χ3v) is 4.54. The molecule has 1 aromatic rings. The summed E-state index contributed by atoms with van der Waals surface area (Å²) in [6, 6.07) is 3.32. The summed E-state index contributed by atoms with van der Waals surface area (Å²) in [5.41, 5.74) is 0.395. The van der Waals surface area contributed by atoms with Gasteiger partial charge in [0.1, 0.15) is 6.04 Å². The molecule has 0 radical (unpaired) electrons. The quantitative estimate of drug-likeness (QED) is 0.866. The Kier molecular flexibility index (Phi) is 4.72. The van der Waals surface area contributed by atoms with Crippen LogP contribution in [0.25, 0.3) is 0 Å².